The summed E-state index contributed by atoms with van der Waals surface area (Å²) in [6.45, 7) is 1.45. The smallest absolute Gasteiger partial charge is 0.231 e. The summed E-state index contributed by atoms with van der Waals surface area (Å²) in [6, 6.07) is 3.42. The van der Waals surface area contributed by atoms with Crippen LogP contribution in [0.4, 0.5) is 14.6 Å². The average Bonchev–Trinajstić information content (AvgIpc) is 3.08. The van der Waals surface area contributed by atoms with E-state index in [1.807, 2.05) is 0 Å². The number of H-pyrrole nitrogens is 1. The minimum Gasteiger partial charge on any atom is -0.389 e. The second-order valence-electron chi connectivity index (χ2n) is 7.41. The second kappa shape index (κ2) is 6.75. The summed E-state index contributed by atoms with van der Waals surface area (Å²) >= 11 is 6.35. The van der Waals surface area contributed by atoms with Crippen LogP contribution in [0.25, 0.3) is 27.7 Å². The predicted octanol–water partition coefficient (Wildman–Crippen LogP) is 4.02. The van der Waals surface area contributed by atoms with E-state index < -0.39 is 29.9 Å². The van der Waals surface area contributed by atoms with Crippen LogP contribution in [0.15, 0.2) is 30.7 Å². The Balaban J connectivity index is 1.59. The maximum absolute atomic E-state index is 14.9. The number of aromatic amines is 1. The number of imidazole rings is 1. The van der Waals surface area contributed by atoms with E-state index >= 15 is 0 Å². The largest absolute Gasteiger partial charge is 0.389 e. The zero-order valence-electron chi connectivity index (χ0n) is 15.7. The van der Waals surface area contributed by atoms with Crippen molar-refractivity contribution in [2.75, 3.05) is 5.32 Å². The van der Waals surface area contributed by atoms with E-state index in [4.69, 9.17) is 11.6 Å². The molecule has 3 heterocycles. The SMILES string of the molecule is CC(O)c1c(F)c(Cl)c(-c2ccc3nc(NC(=O)[C@@H]4C[C@@H]4F)cn3c2)c2cn[nH]c12. The van der Waals surface area contributed by atoms with Crippen molar-refractivity contribution < 1.29 is 18.7 Å². The van der Waals surface area contributed by atoms with Crippen LogP contribution in [0.1, 0.15) is 25.0 Å². The number of benzene rings is 1. The fourth-order valence-electron chi connectivity index (χ4n) is 3.67. The van der Waals surface area contributed by atoms with Gasteiger partial charge in [0.2, 0.25) is 5.91 Å². The summed E-state index contributed by atoms with van der Waals surface area (Å²) < 4.78 is 29.7. The average molecular weight is 432 g/mol. The molecule has 3 aromatic heterocycles. The van der Waals surface area contributed by atoms with Crippen molar-refractivity contribution in [2.24, 2.45) is 5.92 Å². The quantitative estimate of drug-likeness (QED) is 0.455. The Morgan fingerprint density at radius 2 is 2.20 bits per heavy atom. The van der Waals surface area contributed by atoms with Gasteiger partial charge in [0, 0.05) is 28.3 Å². The molecule has 1 unspecified atom stereocenters. The van der Waals surface area contributed by atoms with E-state index in [-0.39, 0.29) is 17.0 Å². The molecule has 1 fully saturated rings. The van der Waals surface area contributed by atoms with Crippen LogP contribution in [0.2, 0.25) is 5.02 Å². The van der Waals surface area contributed by atoms with Crippen molar-refractivity contribution in [2.45, 2.75) is 25.6 Å². The first kappa shape index (κ1) is 19.0. The summed E-state index contributed by atoms with van der Waals surface area (Å²) in [5, 5.41) is 19.7. The van der Waals surface area contributed by atoms with Crippen molar-refractivity contribution in [1.82, 2.24) is 19.6 Å². The van der Waals surface area contributed by atoms with Gasteiger partial charge in [-0.3, -0.25) is 9.89 Å². The molecule has 0 saturated heterocycles. The van der Waals surface area contributed by atoms with Crippen LogP contribution >= 0.6 is 11.6 Å². The first-order chi connectivity index (χ1) is 14.3. The number of alkyl halides is 1. The van der Waals surface area contributed by atoms with Crippen molar-refractivity contribution in [3.05, 3.63) is 47.1 Å². The summed E-state index contributed by atoms with van der Waals surface area (Å²) in [6.07, 6.45) is 2.88. The van der Waals surface area contributed by atoms with Gasteiger partial charge in [0.1, 0.15) is 17.6 Å². The molecular weight excluding hydrogens is 416 g/mol. The summed E-state index contributed by atoms with van der Waals surface area (Å²) in [4.78, 5) is 16.2. The van der Waals surface area contributed by atoms with E-state index in [1.165, 1.54) is 13.1 Å². The number of aliphatic hydroxyl groups excluding tert-OH is 1. The number of anilines is 1. The molecule has 30 heavy (non-hydrogen) atoms. The van der Waals surface area contributed by atoms with E-state index in [0.29, 0.717) is 33.5 Å². The van der Waals surface area contributed by atoms with Crippen molar-refractivity contribution >= 4 is 39.9 Å². The molecule has 5 rings (SSSR count). The number of halogens is 3. The van der Waals surface area contributed by atoms with Gasteiger partial charge in [-0.05, 0) is 25.5 Å². The predicted molar refractivity (Wildman–Crippen MR) is 108 cm³/mol. The number of fused-ring (bicyclic) bond motifs is 2. The molecule has 7 nitrogen and oxygen atoms in total. The van der Waals surface area contributed by atoms with Gasteiger partial charge in [0.15, 0.2) is 5.82 Å². The number of nitrogens with one attached hydrogen (secondary N) is 2. The van der Waals surface area contributed by atoms with Gasteiger partial charge in [0.05, 0.1) is 35.0 Å². The van der Waals surface area contributed by atoms with E-state index in [0.717, 1.165) is 0 Å². The number of carbonyl (C=O) groups excluding carboxylic acids is 1. The lowest BCUT2D eigenvalue weighted by Gasteiger charge is -2.14. The summed E-state index contributed by atoms with van der Waals surface area (Å²) in [5.41, 5.74) is 1.97. The number of hydrogen-bond acceptors (Lipinski definition) is 4. The molecule has 1 aliphatic rings. The monoisotopic (exact) mass is 431 g/mol. The van der Waals surface area contributed by atoms with Crippen LogP contribution in [-0.4, -0.2) is 36.8 Å². The number of amides is 1. The number of aliphatic hydroxyl groups is 1. The molecule has 3 atom stereocenters. The highest BCUT2D eigenvalue weighted by Crippen LogP contribution is 2.41. The number of rotatable bonds is 4. The van der Waals surface area contributed by atoms with Crippen molar-refractivity contribution in [3.8, 4) is 11.1 Å². The van der Waals surface area contributed by atoms with Gasteiger partial charge >= 0.3 is 0 Å². The van der Waals surface area contributed by atoms with Crippen LogP contribution < -0.4 is 5.32 Å². The first-order valence-corrected chi connectivity index (χ1v) is 9.69. The zero-order valence-corrected chi connectivity index (χ0v) is 16.4. The Hall–Kier alpha value is -3.04. The number of pyridine rings is 1. The van der Waals surface area contributed by atoms with Crippen molar-refractivity contribution in [3.63, 3.8) is 0 Å². The highest BCUT2D eigenvalue weighted by molar-refractivity contribution is 6.35. The van der Waals surface area contributed by atoms with Crippen molar-refractivity contribution in [1.29, 1.82) is 0 Å². The number of carbonyl (C=O) groups is 1. The molecule has 154 valence electrons. The lowest BCUT2D eigenvalue weighted by atomic mass is 9.97. The molecule has 0 spiro atoms. The first-order valence-electron chi connectivity index (χ1n) is 9.31. The summed E-state index contributed by atoms with van der Waals surface area (Å²) in [5.74, 6) is -1.44. The maximum Gasteiger partial charge on any atom is 0.231 e. The second-order valence-corrected chi connectivity index (χ2v) is 7.79. The normalized spacial score (nSPS) is 19.4. The number of hydrogen-bond donors (Lipinski definition) is 3. The topological polar surface area (TPSA) is 95.3 Å². The fourth-order valence-corrected chi connectivity index (χ4v) is 3.98. The molecule has 0 bridgehead atoms. The Kier molecular flexibility index (Phi) is 4.26. The van der Waals surface area contributed by atoms with E-state index in [2.05, 4.69) is 20.5 Å². The highest BCUT2D eigenvalue weighted by atomic mass is 35.5. The molecule has 1 aromatic carbocycles. The van der Waals surface area contributed by atoms with Gasteiger partial charge in [0.25, 0.3) is 0 Å². The lowest BCUT2D eigenvalue weighted by Crippen LogP contribution is -2.15. The van der Waals surface area contributed by atoms with Gasteiger partial charge in [-0.15, -0.1) is 0 Å². The minimum absolute atomic E-state index is 0.0520. The fraction of sp³-hybridized carbons (Fsp3) is 0.250. The Labute approximate surface area is 173 Å². The molecule has 3 N–H and O–H groups in total. The van der Waals surface area contributed by atoms with Crippen LogP contribution in [-0.2, 0) is 4.79 Å². The van der Waals surface area contributed by atoms with Gasteiger partial charge in [-0.25, -0.2) is 13.8 Å². The summed E-state index contributed by atoms with van der Waals surface area (Å²) in [7, 11) is 0. The maximum atomic E-state index is 14.9. The Morgan fingerprint density at radius 1 is 1.43 bits per heavy atom. The highest BCUT2D eigenvalue weighted by Gasteiger charge is 2.43. The van der Waals surface area contributed by atoms with Gasteiger partial charge in [-0.2, -0.15) is 5.10 Å². The third-order valence-electron chi connectivity index (χ3n) is 5.28. The van der Waals surface area contributed by atoms with Crippen LogP contribution in [0, 0.1) is 11.7 Å². The van der Waals surface area contributed by atoms with Gasteiger partial charge < -0.3 is 14.8 Å². The number of aromatic nitrogens is 4. The Morgan fingerprint density at radius 3 is 2.90 bits per heavy atom. The third-order valence-corrected chi connectivity index (χ3v) is 5.64. The zero-order chi connectivity index (χ0) is 21.2. The van der Waals surface area contributed by atoms with Gasteiger partial charge in [-0.1, -0.05) is 11.6 Å². The van der Waals surface area contributed by atoms with Crippen LogP contribution in [0.3, 0.4) is 0 Å². The third kappa shape index (κ3) is 2.93. The Bertz CT molecular complexity index is 1320. The molecule has 0 radical (unpaired) electrons. The molecule has 1 aliphatic carbocycles. The van der Waals surface area contributed by atoms with E-state index in [9.17, 15) is 18.7 Å². The molecule has 10 heteroatoms. The molecule has 1 amide bonds. The molecule has 0 aliphatic heterocycles. The molecular formula is C20H16ClF2N5O2. The minimum atomic E-state index is -1.09. The molecule has 4 aromatic rings. The lowest BCUT2D eigenvalue weighted by molar-refractivity contribution is -0.117. The van der Waals surface area contributed by atoms with Crippen LogP contribution in [0.5, 0.6) is 0 Å². The number of nitrogens with zero attached hydrogens (tertiary/aromatic N) is 3. The molecule has 1 saturated carbocycles. The standard InChI is InChI=1S/C20H16ClF2N5O2/c1-8(29)15-18(23)17(21)16(11-5-24-27-19(11)15)9-2-3-14-25-13(7-28(14)6-9)26-20(30)10-4-12(10)22/h2-3,5-8,10,12,29H,4H2,1H3,(H,24,27)(H,26,30)/t8?,10-,12+/m1/s1. The van der Waals surface area contributed by atoms with E-state index in [1.54, 1.807) is 28.9 Å².